The molecular weight excluding hydrogens is 312 g/mol. The molecule has 0 aliphatic heterocycles. The maximum Gasteiger partial charge on any atom is 0.105 e. The summed E-state index contributed by atoms with van der Waals surface area (Å²) in [6, 6.07) is 0. The SMILES string of the molecule is CCCCCCCCCCCCCCCCCCCCOOCCO. The van der Waals surface area contributed by atoms with Crippen molar-refractivity contribution in [1.29, 1.82) is 0 Å². The van der Waals surface area contributed by atoms with Crippen LogP contribution in [0.1, 0.15) is 122 Å². The molecule has 0 aliphatic rings. The van der Waals surface area contributed by atoms with Crippen molar-refractivity contribution in [1.82, 2.24) is 0 Å². The van der Waals surface area contributed by atoms with Gasteiger partial charge in [0.15, 0.2) is 0 Å². The van der Waals surface area contributed by atoms with Gasteiger partial charge in [0.25, 0.3) is 0 Å². The van der Waals surface area contributed by atoms with Gasteiger partial charge >= 0.3 is 0 Å². The Morgan fingerprint density at radius 1 is 0.440 bits per heavy atom. The van der Waals surface area contributed by atoms with E-state index in [1.165, 1.54) is 109 Å². The third-order valence-corrected chi connectivity index (χ3v) is 4.84. The molecule has 0 aromatic heterocycles. The van der Waals surface area contributed by atoms with Crippen LogP contribution in [-0.4, -0.2) is 24.9 Å². The molecule has 3 heteroatoms. The smallest absolute Gasteiger partial charge is 0.105 e. The normalized spacial score (nSPS) is 11.3. The van der Waals surface area contributed by atoms with E-state index >= 15 is 0 Å². The molecule has 0 aliphatic carbocycles. The van der Waals surface area contributed by atoms with Gasteiger partial charge in [0.1, 0.15) is 6.61 Å². The molecule has 0 aromatic rings. The molecule has 0 heterocycles. The molecule has 0 saturated heterocycles. The van der Waals surface area contributed by atoms with Crippen LogP contribution in [0.2, 0.25) is 0 Å². The molecule has 25 heavy (non-hydrogen) atoms. The molecule has 152 valence electrons. The zero-order chi connectivity index (χ0) is 18.3. The summed E-state index contributed by atoms with van der Waals surface area (Å²) in [7, 11) is 0. The Balaban J connectivity index is 2.94. The van der Waals surface area contributed by atoms with E-state index in [1.807, 2.05) is 0 Å². The topological polar surface area (TPSA) is 38.7 Å². The summed E-state index contributed by atoms with van der Waals surface area (Å²) in [5, 5.41) is 8.52. The van der Waals surface area contributed by atoms with Gasteiger partial charge in [-0.15, -0.1) is 0 Å². The molecule has 0 aromatic carbocycles. The highest BCUT2D eigenvalue weighted by Gasteiger charge is 1.95. The van der Waals surface area contributed by atoms with Crippen LogP contribution in [-0.2, 0) is 9.78 Å². The van der Waals surface area contributed by atoms with Crippen LogP contribution in [0.15, 0.2) is 0 Å². The molecule has 0 radical (unpaired) electrons. The molecule has 0 rings (SSSR count). The van der Waals surface area contributed by atoms with Crippen molar-refractivity contribution in [3.05, 3.63) is 0 Å². The predicted octanol–water partition coefficient (Wildman–Crippen LogP) is 6.97. The fraction of sp³-hybridized carbons (Fsp3) is 1.00. The summed E-state index contributed by atoms with van der Waals surface area (Å²) in [6.45, 7) is 3.24. The van der Waals surface area contributed by atoms with Crippen LogP contribution < -0.4 is 0 Å². The van der Waals surface area contributed by atoms with Gasteiger partial charge in [-0.25, -0.2) is 9.78 Å². The van der Waals surface area contributed by atoms with Crippen molar-refractivity contribution < 1.29 is 14.9 Å². The number of aliphatic hydroxyl groups excluding tert-OH is 1. The van der Waals surface area contributed by atoms with E-state index in [0.29, 0.717) is 6.61 Å². The number of hydrogen-bond donors (Lipinski definition) is 1. The van der Waals surface area contributed by atoms with E-state index in [2.05, 4.69) is 6.92 Å². The molecular formula is C22H46O3. The van der Waals surface area contributed by atoms with Crippen molar-refractivity contribution in [2.24, 2.45) is 0 Å². The van der Waals surface area contributed by atoms with Crippen LogP contribution in [0.4, 0.5) is 0 Å². The summed E-state index contributed by atoms with van der Waals surface area (Å²) >= 11 is 0. The summed E-state index contributed by atoms with van der Waals surface area (Å²) in [6.07, 6.45) is 25.0. The zero-order valence-electron chi connectivity index (χ0n) is 17.1. The number of aliphatic hydroxyl groups is 1. The third kappa shape index (κ3) is 23.9. The van der Waals surface area contributed by atoms with E-state index < -0.39 is 0 Å². The lowest BCUT2D eigenvalue weighted by Crippen LogP contribution is -2.01. The Morgan fingerprint density at radius 3 is 1.12 bits per heavy atom. The van der Waals surface area contributed by atoms with Gasteiger partial charge < -0.3 is 5.11 Å². The number of rotatable bonds is 22. The summed E-state index contributed by atoms with van der Waals surface area (Å²) in [5.41, 5.74) is 0. The quantitative estimate of drug-likeness (QED) is 0.129. The lowest BCUT2D eigenvalue weighted by molar-refractivity contribution is -0.298. The van der Waals surface area contributed by atoms with Crippen LogP contribution in [0.25, 0.3) is 0 Å². The summed E-state index contributed by atoms with van der Waals surface area (Å²) in [4.78, 5) is 9.71. The Bertz CT molecular complexity index is 199. The van der Waals surface area contributed by atoms with E-state index in [4.69, 9.17) is 14.9 Å². The average Bonchev–Trinajstić information content (AvgIpc) is 2.63. The van der Waals surface area contributed by atoms with E-state index in [1.54, 1.807) is 0 Å². The molecule has 0 atom stereocenters. The van der Waals surface area contributed by atoms with E-state index in [9.17, 15) is 0 Å². The second-order valence-corrected chi connectivity index (χ2v) is 7.38. The van der Waals surface area contributed by atoms with Gasteiger partial charge in [-0.2, -0.15) is 0 Å². The minimum atomic E-state index is 0.0269. The first kappa shape index (κ1) is 24.9. The van der Waals surface area contributed by atoms with Gasteiger partial charge in [0, 0.05) is 0 Å². The standard InChI is InChI=1S/C22H46O3/c1-2-3-4-5-6-7-8-9-10-11-12-13-14-15-16-17-18-19-21-24-25-22-20-23/h23H,2-22H2,1H3. The van der Waals surface area contributed by atoms with Crippen LogP contribution in [0.5, 0.6) is 0 Å². The maximum absolute atomic E-state index is 8.52. The Kier molecular flexibility index (Phi) is 23.8. The van der Waals surface area contributed by atoms with Crippen molar-refractivity contribution in [2.75, 3.05) is 19.8 Å². The molecule has 0 spiro atoms. The van der Waals surface area contributed by atoms with E-state index in [-0.39, 0.29) is 13.2 Å². The molecule has 0 unspecified atom stereocenters. The average molecular weight is 359 g/mol. The van der Waals surface area contributed by atoms with Gasteiger partial charge in [-0.1, -0.05) is 116 Å². The molecule has 0 amide bonds. The monoisotopic (exact) mass is 358 g/mol. The molecule has 0 fully saturated rings. The van der Waals surface area contributed by atoms with Crippen molar-refractivity contribution in [3.63, 3.8) is 0 Å². The van der Waals surface area contributed by atoms with Crippen molar-refractivity contribution in [2.45, 2.75) is 122 Å². The lowest BCUT2D eigenvalue weighted by Gasteiger charge is -2.04. The predicted molar refractivity (Wildman–Crippen MR) is 108 cm³/mol. The van der Waals surface area contributed by atoms with Crippen molar-refractivity contribution in [3.8, 4) is 0 Å². The Morgan fingerprint density at radius 2 is 0.760 bits per heavy atom. The molecule has 0 bridgehead atoms. The second-order valence-electron chi connectivity index (χ2n) is 7.38. The fourth-order valence-corrected chi connectivity index (χ4v) is 3.22. The Hall–Kier alpha value is -0.120. The van der Waals surface area contributed by atoms with Crippen LogP contribution >= 0.6 is 0 Å². The van der Waals surface area contributed by atoms with Gasteiger partial charge in [-0.05, 0) is 6.42 Å². The fourth-order valence-electron chi connectivity index (χ4n) is 3.22. The van der Waals surface area contributed by atoms with Crippen LogP contribution in [0.3, 0.4) is 0 Å². The van der Waals surface area contributed by atoms with Crippen molar-refractivity contribution >= 4 is 0 Å². The lowest BCUT2D eigenvalue weighted by atomic mass is 10.0. The highest BCUT2D eigenvalue weighted by Crippen LogP contribution is 2.14. The molecule has 1 N–H and O–H groups in total. The van der Waals surface area contributed by atoms with Gasteiger partial charge in [-0.3, -0.25) is 0 Å². The Labute approximate surface area is 157 Å². The second kappa shape index (κ2) is 23.9. The minimum absolute atomic E-state index is 0.0269. The number of hydrogen-bond acceptors (Lipinski definition) is 3. The molecule has 0 saturated carbocycles. The van der Waals surface area contributed by atoms with Gasteiger partial charge in [0.05, 0.1) is 13.2 Å². The largest absolute Gasteiger partial charge is 0.394 e. The number of unbranched alkanes of at least 4 members (excludes halogenated alkanes) is 17. The zero-order valence-corrected chi connectivity index (χ0v) is 17.1. The van der Waals surface area contributed by atoms with Gasteiger partial charge in [0.2, 0.25) is 0 Å². The molecule has 3 nitrogen and oxygen atoms in total. The third-order valence-electron chi connectivity index (χ3n) is 4.84. The maximum atomic E-state index is 8.52. The summed E-state index contributed by atoms with van der Waals surface area (Å²) < 4.78 is 0. The first-order valence-electron chi connectivity index (χ1n) is 11.3. The highest BCUT2D eigenvalue weighted by atomic mass is 17.2. The highest BCUT2D eigenvalue weighted by molar-refractivity contribution is 4.50. The first-order valence-corrected chi connectivity index (χ1v) is 11.3. The van der Waals surface area contributed by atoms with E-state index in [0.717, 1.165) is 6.42 Å². The van der Waals surface area contributed by atoms with Crippen LogP contribution in [0, 0.1) is 0 Å². The summed E-state index contributed by atoms with van der Waals surface area (Å²) in [5.74, 6) is 0. The first-order chi connectivity index (χ1) is 12.4. The minimum Gasteiger partial charge on any atom is -0.394 e.